The van der Waals surface area contributed by atoms with E-state index in [4.69, 9.17) is 5.73 Å². The van der Waals surface area contributed by atoms with Crippen molar-refractivity contribution in [2.24, 2.45) is 12.8 Å². The molecule has 1 aromatic rings. The van der Waals surface area contributed by atoms with Crippen LogP contribution in [0.25, 0.3) is 0 Å². The molecule has 0 aliphatic carbocycles. The SMILES string of the molecule is CCC(CC)(C(N)Cc1ncnn1C)N(C)C. The zero-order chi connectivity index (χ0) is 13.1. The molecule has 0 aliphatic heterocycles. The van der Waals surface area contributed by atoms with E-state index < -0.39 is 0 Å². The Labute approximate surface area is 104 Å². The third kappa shape index (κ3) is 2.66. The predicted octanol–water partition coefficient (Wildman–Crippen LogP) is 0.805. The van der Waals surface area contributed by atoms with E-state index in [9.17, 15) is 0 Å². The summed E-state index contributed by atoms with van der Waals surface area (Å²) < 4.78 is 1.80. The standard InChI is InChI=1S/C12H25N5/c1-6-12(7-2,16(3)4)10(13)8-11-14-9-15-17(11)5/h9-10H,6-8,13H2,1-5H3. The van der Waals surface area contributed by atoms with E-state index in [1.807, 2.05) is 7.05 Å². The van der Waals surface area contributed by atoms with E-state index in [-0.39, 0.29) is 11.6 Å². The Morgan fingerprint density at radius 2 is 2.00 bits per heavy atom. The van der Waals surface area contributed by atoms with Gasteiger partial charge in [0, 0.05) is 25.0 Å². The fraction of sp³-hybridized carbons (Fsp3) is 0.833. The maximum atomic E-state index is 6.41. The highest BCUT2D eigenvalue weighted by atomic mass is 15.3. The molecule has 2 N–H and O–H groups in total. The molecule has 0 aromatic carbocycles. The molecule has 1 unspecified atom stereocenters. The summed E-state index contributed by atoms with van der Waals surface area (Å²) in [5.41, 5.74) is 6.45. The van der Waals surface area contributed by atoms with Crippen molar-refractivity contribution in [3.05, 3.63) is 12.2 Å². The van der Waals surface area contributed by atoms with Gasteiger partial charge in [0.15, 0.2) is 0 Å². The Kier molecular flexibility index (Phi) is 4.65. The van der Waals surface area contributed by atoms with Crippen LogP contribution in [0, 0.1) is 0 Å². The third-order valence-corrected chi connectivity index (χ3v) is 4.01. The van der Waals surface area contributed by atoms with Gasteiger partial charge >= 0.3 is 0 Å². The Bertz CT molecular complexity index is 340. The molecule has 5 nitrogen and oxygen atoms in total. The number of nitrogens with zero attached hydrogens (tertiary/aromatic N) is 4. The molecule has 1 aromatic heterocycles. The monoisotopic (exact) mass is 239 g/mol. The number of aryl methyl sites for hydroxylation is 1. The molecule has 0 bridgehead atoms. The number of hydrogen-bond donors (Lipinski definition) is 1. The fourth-order valence-corrected chi connectivity index (χ4v) is 2.63. The minimum absolute atomic E-state index is 0.0337. The lowest BCUT2D eigenvalue weighted by Gasteiger charge is -2.43. The smallest absolute Gasteiger partial charge is 0.138 e. The number of hydrogen-bond acceptors (Lipinski definition) is 4. The summed E-state index contributed by atoms with van der Waals surface area (Å²) in [6.45, 7) is 4.39. The molecule has 17 heavy (non-hydrogen) atoms. The normalized spacial score (nSPS) is 14.3. The van der Waals surface area contributed by atoms with Gasteiger partial charge < -0.3 is 10.6 Å². The lowest BCUT2D eigenvalue weighted by molar-refractivity contribution is 0.104. The van der Waals surface area contributed by atoms with Gasteiger partial charge in [-0.2, -0.15) is 5.10 Å². The van der Waals surface area contributed by atoms with Gasteiger partial charge in [0.25, 0.3) is 0 Å². The lowest BCUT2D eigenvalue weighted by Crippen LogP contribution is -2.57. The Hall–Kier alpha value is -0.940. The van der Waals surface area contributed by atoms with Crippen molar-refractivity contribution in [2.45, 2.75) is 44.7 Å². The summed E-state index contributed by atoms with van der Waals surface area (Å²) in [5, 5.41) is 4.08. The molecule has 0 saturated carbocycles. The van der Waals surface area contributed by atoms with Gasteiger partial charge in [-0.25, -0.2) is 4.98 Å². The molecule has 0 saturated heterocycles. The first-order chi connectivity index (χ1) is 7.97. The highest BCUT2D eigenvalue weighted by Gasteiger charge is 2.36. The molecule has 0 spiro atoms. The molecule has 1 heterocycles. The van der Waals surface area contributed by atoms with Crippen LogP contribution in [0.1, 0.15) is 32.5 Å². The summed E-state index contributed by atoms with van der Waals surface area (Å²) in [4.78, 5) is 6.49. The molecule has 1 atom stereocenters. The van der Waals surface area contributed by atoms with Crippen LogP contribution in [-0.4, -0.2) is 45.3 Å². The molecule has 0 radical (unpaired) electrons. The largest absolute Gasteiger partial charge is 0.326 e. The average Bonchev–Trinajstić information content (AvgIpc) is 2.66. The molecular formula is C12H25N5. The number of aromatic nitrogens is 3. The van der Waals surface area contributed by atoms with Crippen LogP contribution in [0.15, 0.2) is 6.33 Å². The molecule has 0 aliphatic rings. The second-order valence-corrected chi connectivity index (χ2v) is 4.82. The third-order valence-electron chi connectivity index (χ3n) is 4.01. The second kappa shape index (κ2) is 5.60. The summed E-state index contributed by atoms with van der Waals surface area (Å²) in [6, 6.07) is 0.0652. The van der Waals surface area contributed by atoms with E-state index in [1.54, 1.807) is 11.0 Å². The predicted molar refractivity (Wildman–Crippen MR) is 69.7 cm³/mol. The maximum Gasteiger partial charge on any atom is 0.138 e. The van der Waals surface area contributed by atoms with Crippen LogP contribution >= 0.6 is 0 Å². The first-order valence-corrected chi connectivity index (χ1v) is 6.23. The molecule has 5 heteroatoms. The van der Waals surface area contributed by atoms with Crippen LogP contribution in [0.3, 0.4) is 0 Å². The summed E-state index contributed by atoms with van der Waals surface area (Å²) in [6.07, 6.45) is 4.42. The first kappa shape index (κ1) is 14.1. The van der Waals surface area contributed by atoms with Crippen LogP contribution in [-0.2, 0) is 13.5 Å². The van der Waals surface area contributed by atoms with Crippen LogP contribution in [0.5, 0.6) is 0 Å². The zero-order valence-corrected chi connectivity index (χ0v) is 11.6. The van der Waals surface area contributed by atoms with Gasteiger partial charge in [0.05, 0.1) is 0 Å². The highest BCUT2D eigenvalue weighted by molar-refractivity contribution is 5.01. The van der Waals surface area contributed by atoms with Gasteiger partial charge in [-0.1, -0.05) is 13.8 Å². The minimum Gasteiger partial charge on any atom is -0.326 e. The van der Waals surface area contributed by atoms with Crippen molar-refractivity contribution in [1.29, 1.82) is 0 Å². The van der Waals surface area contributed by atoms with Crippen LogP contribution in [0.4, 0.5) is 0 Å². The Balaban J connectivity index is 2.86. The van der Waals surface area contributed by atoms with Crippen molar-refractivity contribution in [3.63, 3.8) is 0 Å². The van der Waals surface area contributed by atoms with Gasteiger partial charge in [-0.05, 0) is 26.9 Å². The molecule has 0 amide bonds. The van der Waals surface area contributed by atoms with Gasteiger partial charge in [-0.3, -0.25) is 4.68 Å². The first-order valence-electron chi connectivity index (χ1n) is 6.23. The van der Waals surface area contributed by atoms with E-state index >= 15 is 0 Å². The quantitative estimate of drug-likeness (QED) is 0.798. The summed E-state index contributed by atoms with van der Waals surface area (Å²) in [5.74, 6) is 0.950. The summed E-state index contributed by atoms with van der Waals surface area (Å²) >= 11 is 0. The van der Waals surface area contributed by atoms with Crippen molar-refractivity contribution in [2.75, 3.05) is 14.1 Å². The van der Waals surface area contributed by atoms with E-state index in [0.29, 0.717) is 0 Å². The highest BCUT2D eigenvalue weighted by Crippen LogP contribution is 2.26. The van der Waals surface area contributed by atoms with E-state index in [2.05, 4.69) is 42.9 Å². The van der Waals surface area contributed by atoms with Gasteiger partial charge in [0.2, 0.25) is 0 Å². The Morgan fingerprint density at radius 3 is 2.35 bits per heavy atom. The van der Waals surface area contributed by atoms with Crippen molar-refractivity contribution >= 4 is 0 Å². The topological polar surface area (TPSA) is 60.0 Å². The summed E-state index contributed by atoms with van der Waals surface area (Å²) in [7, 11) is 6.11. The second-order valence-electron chi connectivity index (χ2n) is 4.82. The van der Waals surface area contributed by atoms with E-state index in [1.165, 1.54) is 0 Å². The maximum absolute atomic E-state index is 6.41. The zero-order valence-electron chi connectivity index (χ0n) is 11.6. The lowest BCUT2D eigenvalue weighted by atomic mass is 9.82. The molecule has 98 valence electrons. The van der Waals surface area contributed by atoms with Gasteiger partial charge in [-0.15, -0.1) is 0 Å². The van der Waals surface area contributed by atoms with Gasteiger partial charge in [0.1, 0.15) is 12.2 Å². The Morgan fingerprint density at radius 1 is 1.41 bits per heavy atom. The van der Waals surface area contributed by atoms with Crippen molar-refractivity contribution in [1.82, 2.24) is 19.7 Å². The van der Waals surface area contributed by atoms with Crippen LogP contribution in [0.2, 0.25) is 0 Å². The number of nitrogens with two attached hydrogens (primary N) is 1. The number of likely N-dealkylation sites (N-methyl/N-ethyl adjacent to an activating group) is 1. The van der Waals surface area contributed by atoms with E-state index in [0.717, 1.165) is 25.1 Å². The van der Waals surface area contributed by atoms with Crippen molar-refractivity contribution in [3.8, 4) is 0 Å². The van der Waals surface area contributed by atoms with Crippen molar-refractivity contribution < 1.29 is 0 Å². The average molecular weight is 239 g/mol. The molecule has 0 fully saturated rings. The molecular weight excluding hydrogens is 214 g/mol. The molecule has 1 rings (SSSR count). The van der Waals surface area contributed by atoms with Crippen LogP contribution < -0.4 is 5.73 Å². The fourth-order valence-electron chi connectivity index (χ4n) is 2.63. The number of rotatable bonds is 6. The minimum atomic E-state index is 0.0337.